The first-order valence-corrected chi connectivity index (χ1v) is 7.13. The van der Waals surface area contributed by atoms with Crippen molar-refractivity contribution in [2.24, 2.45) is 5.92 Å². The van der Waals surface area contributed by atoms with Gasteiger partial charge in [-0.25, -0.2) is 0 Å². The van der Waals surface area contributed by atoms with Gasteiger partial charge in [0.25, 0.3) is 0 Å². The maximum absolute atomic E-state index is 10.8. The van der Waals surface area contributed by atoms with E-state index < -0.39 is 5.97 Å². The Morgan fingerprint density at radius 1 is 1.24 bits per heavy atom. The molecule has 0 amide bonds. The van der Waals surface area contributed by atoms with Crippen LogP contribution in [0.3, 0.4) is 0 Å². The highest BCUT2D eigenvalue weighted by atomic mass is 16.4. The number of carbonyl (C=O) groups is 1. The minimum absolute atomic E-state index is 0.208. The van der Waals surface area contributed by atoms with Crippen molar-refractivity contribution in [3.05, 3.63) is 0 Å². The fourth-order valence-corrected chi connectivity index (χ4v) is 3.09. The van der Waals surface area contributed by atoms with E-state index in [1.807, 2.05) is 0 Å². The van der Waals surface area contributed by atoms with Gasteiger partial charge in [-0.2, -0.15) is 0 Å². The van der Waals surface area contributed by atoms with E-state index in [1.54, 1.807) is 0 Å². The van der Waals surface area contributed by atoms with Crippen molar-refractivity contribution in [3.8, 4) is 0 Å². The van der Waals surface area contributed by atoms with E-state index in [9.17, 15) is 4.79 Å². The van der Waals surface area contributed by atoms with Crippen molar-refractivity contribution in [1.29, 1.82) is 0 Å². The van der Waals surface area contributed by atoms with Crippen LogP contribution in [-0.2, 0) is 4.79 Å². The van der Waals surface area contributed by atoms with Crippen LogP contribution in [0.2, 0.25) is 0 Å². The van der Waals surface area contributed by atoms with Crippen LogP contribution in [0.1, 0.15) is 58.8 Å². The van der Waals surface area contributed by atoms with Gasteiger partial charge in [0.1, 0.15) is 0 Å². The van der Waals surface area contributed by atoms with Gasteiger partial charge in [0.05, 0.1) is 6.54 Å². The lowest BCUT2D eigenvalue weighted by molar-refractivity contribution is -0.139. The van der Waals surface area contributed by atoms with E-state index in [-0.39, 0.29) is 6.54 Å². The van der Waals surface area contributed by atoms with Crippen molar-refractivity contribution in [2.45, 2.75) is 64.8 Å². The molecule has 0 spiro atoms. The molecule has 0 heterocycles. The molecule has 1 N–H and O–H groups in total. The van der Waals surface area contributed by atoms with Crippen LogP contribution in [0.4, 0.5) is 0 Å². The summed E-state index contributed by atoms with van der Waals surface area (Å²) < 4.78 is 0. The Kier molecular flexibility index (Phi) is 6.56. The molecule has 1 saturated carbocycles. The third-order valence-electron chi connectivity index (χ3n) is 4.02. The second-order valence-electron chi connectivity index (χ2n) is 5.27. The molecule has 0 saturated heterocycles. The van der Waals surface area contributed by atoms with Gasteiger partial charge in [0.2, 0.25) is 0 Å². The highest BCUT2D eigenvalue weighted by Gasteiger charge is 2.23. The summed E-state index contributed by atoms with van der Waals surface area (Å²) >= 11 is 0. The Balaban J connectivity index is 2.45. The maximum atomic E-state index is 10.8. The van der Waals surface area contributed by atoms with Gasteiger partial charge in [-0.15, -0.1) is 0 Å². The zero-order valence-corrected chi connectivity index (χ0v) is 11.3. The van der Waals surface area contributed by atoms with Gasteiger partial charge < -0.3 is 5.11 Å². The molecule has 17 heavy (non-hydrogen) atoms. The van der Waals surface area contributed by atoms with Crippen LogP contribution in [0.15, 0.2) is 0 Å². The zero-order chi connectivity index (χ0) is 12.7. The van der Waals surface area contributed by atoms with E-state index in [1.165, 1.54) is 44.9 Å². The number of aliphatic carboxylic acids is 1. The fraction of sp³-hybridized carbons (Fsp3) is 0.929. The van der Waals surface area contributed by atoms with E-state index in [0.717, 1.165) is 12.5 Å². The van der Waals surface area contributed by atoms with Crippen LogP contribution in [0.5, 0.6) is 0 Å². The van der Waals surface area contributed by atoms with Crippen LogP contribution >= 0.6 is 0 Å². The van der Waals surface area contributed by atoms with Crippen molar-refractivity contribution < 1.29 is 9.90 Å². The first kappa shape index (κ1) is 14.5. The normalized spacial score (nSPS) is 25.8. The van der Waals surface area contributed by atoms with Gasteiger partial charge in [-0.05, 0) is 31.7 Å². The molecule has 2 atom stereocenters. The molecule has 1 rings (SSSR count). The molecule has 3 nitrogen and oxygen atoms in total. The van der Waals surface area contributed by atoms with E-state index in [0.29, 0.717) is 6.04 Å². The molecule has 0 aromatic carbocycles. The lowest BCUT2D eigenvalue weighted by Gasteiger charge is -2.28. The van der Waals surface area contributed by atoms with Crippen molar-refractivity contribution in [2.75, 3.05) is 13.1 Å². The standard InChI is InChI=1S/C14H27NO2/c1-3-6-12-7-5-8-13(10-9-12)15(4-2)11-14(16)17/h12-13H,3-11H2,1-2H3,(H,16,17). The summed E-state index contributed by atoms with van der Waals surface area (Å²) in [6.45, 7) is 5.39. The third kappa shape index (κ3) is 5.07. The smallest absolute Gasteiger partial charge is 0.317 e. The lowest BCUT2D eigenvalue weighted by Crippen LogP contribution is -2.38. The molecule has 0 radical (unpaired) electrons. The molecule has 1 aliphatic carbocycles. The largest absolute Gasteiger partial charge is 0.480 e. The number of carboxylic acids is 1. The van der Waals surface area contributed by atoms with Crippen LogP contribution in [0, 0.1) is 5.92 Å². The molecule has 2 unspecified atom stereocenters. The topological polar surface area (TPSA) is 40.5 Å². The van der Waals surface area contributed by atoms with E-state index in [4.69, 9.17) is 5.11 Å². The highest BCUT2D eigenvalue weighted by Crippen LogP contribution is 2.28. The number of carboxylic acid groups (broad SMARTS) is 1. The van der Waals surface area contributed by atoms with Crippen LogP contribution in [-0.4, -0.2) is 35.1 Å². The number of hydrogen-bond donors (Lipinski definition) is 1. The van der Waals surface area contributed by atoms with Crippen molar-refractivity contribution in [3.63, 3.8) is 0 Å². The van der Waals surface area contributed by atoms with Gasteiger partial charge >= 0.3 is 5.97 Å². The van der Waals surface area contributed by atoms with Gasteiger partial charge in [-0.1, -0.05) is 39.5 Å². The average Bonchev–Trinajstić information content (AvgIpc) is 2.52. The Hall–Kier alpha value is -0.570. The molecular weight excluding hydrogens is 214 g/mol. The van der Waals surface area contributed by atoms with Gasteiger partial charge in [-0.3, -0.25) is 9.69 Å². The summed E-state index contributed by atoms with van der Waals surface area (Å²) in [6.07, 6.45) is 8.89. The summed E-state index contributed by atoms with van der Waals surface area (Å²) in [4.78, 5) is 13.0. The molecule has 0 bridgehead atoms. The lowest BCUT2D eigenvalue weighted by atomic mass is 9.95. The predicted octanol–water partition coefficient (Wildman–Crippen LogP) is 3.14. The molecule has 1 aliphatic rings. The number of rotatable bonds is 6. The summed E-state index contributed by atoms with van der Waals surface area (Å²) in [5.41, 5.74) is 0. The minimum atomic E-state index is -0.693. The Morgan fingerprint density at radius 3 is 2.59 bits per heavy atom. The predicted molar refractivity (Wildman–Crippen MR) is 70.2 cm³/mol. The van der Waals surface area contributed by atoms with Crippen molar-refractivity contribution >= 4 is 5.97 Å². The summed E-state index contributed by atoms with van der Waals surface area (Å²) in [6, 6.07) is 0.498. The van der Waals surface area contributed by atoms with E-state index in [2.05, 4.69) is 18.7 Å². The molecule has 0 aromatic heterocycles. The summed E-state index contributed by atoms with van der Waals surface area (Å²) in [5.74, 6) is 0.190. The summed E-state index contributed by atoms with van der Waals surface area (Å²) in [5, 5.41) is 8.91. The molecule has 3 heteroatoms. The number of likely N-dealkylation sites (N-methyl/N-ethyl adjacent to an activating group) is 1. The molecule has 100 valence electrons. The average molecular weight is 241 g/mol. The second-order valence-corrected chi connectivity index (χ2v) is 5.27. The third-order valence-corrected chi connectivity index (χ3v) is 4.02. The minimum Gasteiger partial charge on any atom is -0.480 e. The zero-order valence-electron chi connectivity index (χ0n) is 11.3. The fourth-order valence-electron chi connectivity index (χ4n) is 3.09. The first-order chi connectivity index (χ1) is 8.17. The van der Waals surface area contributed by atoms with Gasteiger partial charge in [0.15, 0.2) is 0 Å². The second kappa shape index (κ2) is 7.70. The Morgan fingerprint density at radius 2 is 2.00 bits per heavy atom. The summed E-state index contributed by atoms with van der Waals surface area (Å²) in [7, 11) is 0. The van der Waals surface area contributed by atoms with Crippen LogP contribution in [0.25, 0.3) is 0 Å². The molecule has 0 aromatic rings. The Bertz CT molecular complexity index is 230. The molecule has 1 fully saturated rings. The molecule has 0 aliphatic heterocycles. The SMILES string of the molecule is CCCC1CCCC(N(CC)CC(=O)O)CC1. The quantitative estimate of drug-likeness (QED) is 0.726. The van der Waals surface area contributed by atoms with E-state index >= 15 is 0 Å². The maximum Gasteiger partial charge on any atom is 0.317 e. The monoisotopic (exact) mass is 241 g/mol. The first-order valence-electron chi connectivity index (χ1n) is 7.13. The molecular formula is C14H27NO2. The Labute approximate surface area is 105 Å². The number of hydrogen-bond acceptors (Lipinski definition) is 2. The van der Waals surface area contributed by atoms with Crippen molar-refractivity contribution in [1.82, 2.24) is 4.90 Å². The van der Waals surface area contributed by atoms with Gasteiger partial charge in [0, 0.05) is 6.04 Å². The highest BCUT2D eigenvalue weighted by molar-refractivity contribution is 5.69. The number of nitrogens with zero attached hydrogens (tertiary/aromatic N) is 1. The van der Waals surface area contributed by atoms with Crippen LogP contribution < -0.4 is 0 Å².